The van der Waals surface area contributed by atoms with Crippen LogP contribution >= 0.6 is 0 Å². The molecule has 0 saturated heterocycles. The number of carboxylic acid groups (broad SMARTS) is 1. The van der Waals surface area contributed by atoms with E-state index in [1.165, 1.54) is 26.3 Å². The van der Waals surface area contributed by atoms with Gasteiger partial charge in [-0.3, -0.25) is 9.52 Å². The van der Waals surface area contributed by atoms with Crippen LogP contribution in [0.4, 0.5) is 5.69 Å². The van der Waals surface area contributed by atoms with Crippen molar-refractivity contribution in [1.82, 2.24) is 4.31 Å². The van der Waals surface area contributed by atoms with Crippen LogP contribution in [0.5, 0.6) is 5.75 Å². The van der Waals surface area contributed by atoms with E-state index in [1.54, 1.807) is 12.1 Å². The summed E-state index contributed by atoms with van der Waals surface area (Å²) >= 11 is 0. The van der Waals surface area contributed by atoms with Gasteiger partial charge in [0.2, 0.25) is 0 Å². The maximum atomic E-state index is 11.7. The lowest BCUT2D eigenvalue weighted by atomic mass is 10.3. The molecule has 2 N–H and O–H groups in total. The molecular weight excluding hydrogens is 260 g/mol. The van der Waals surface area contributed by atoms with Gasteiger partial charge >= 0.3 is 16.2 Å². The molecule has 0 aliphatic carbocycles. The Bertz CT molecular complexity index is 512. The molecule has 0 aliphatic heterocycles. The number of likely N-dealkylation sites (N-methyl/N-ethyl adjacent to an activating group) is 1. The predicted octanol–water partition coefficient (Wildman–Crippen LogP) is 0.368. The Hall–Kier alpha value is -1.80. The van der Waals surface area contributed by atoms with Crippen LogP contribution in [0.1, 0.15) is 0 Å². The van der Waals surface area contributed by atoms with E-state index in [1.807, 2.05) is 0 Å². The van der Waals surface area contributed by atoms with Crippen molar-refractivity contribution in [3.8, 4) is 5.75 Å². The van der Waals surface area contributed by atoms with Crippen LogP contribution in [0.25, 0.3) is 0 Å². The van der Waals surface area contributed by atoms with Crippen molar-refractivity contribution < 1.29 is 23.1 Å². The fourth-order valence-electron chi connectivity index (χ4n) is 1.16. The van der Waals surface area contributed by atoms with Crippen molar-refractivity contribution in [3.63, 3.8) is 0 Å². The topological polar surface area (TPSA) is 95.9 Å². The number of rotatable bonds is 6. The first kappa shape index (κ1) is 14.3. The van der Waals surface area contributed by atoms with Crippen LogP contribution in [0.2, 0.25) is 0 Å². The standard InChI is InChI=1S/C10H14N2O5S/c1-12(7-10(13)14)18(15,16)11-8-3-5-9(17-2)6-4-8/h3-6,11H,7H2,1-2H3,(H,13,14). The fraction of sp³-hybridized carbons (Fsp3) is 0.300. The number of carboxylic acids is 1. The van der Waals surface area contributed by atoms with Crippen LogP contribution < -0.4 is 9.46 Å². The number of methoxy groups -OCH3 is 1. The lowest BCUT2D eigenvalue weighted by molar-refractivity contribution is -0.137. The van der Waals surface area contributed by atoms with E-state index in [2.05, 4.69) is 4.72 Å². The summed E-state index contributed by atoms with van der Waals surface area (Å²) in [5.74, 6) is -0.630. The van der Waals surface area contributed by atoms with Crippen molar-refractivity contribution in [3.05, 3.63) is 24.3 Å². The van der Waals surface area contributed by atoms with Crippen LogP contribution in [-0.4, -0.2) is 44.5 Å². The second kappa shape index (κ2) is 5.69. The van der Waals surface area contributed by atoms with Gasteiger partial charge in [-0.05, 0) is 24.3 Å². The molecule has 0 aromatic heterocycles. The number of aliphatic carboxylic acids is 1. The Morgan fingerprint density at radius 1 is 1.39 bits per heavy atom. The first-order valence-electron chi connectivity index (χ1n) is 4.95. The van der Waals surface area contributed by atoms with Gasteiger partial charge in [-0.25, -0.2) is 0 Å². The third-order valence-electron chi connectivity index (χ3n) is 2.11. The van der Waals surface area contributed by atoms with E-state index < -0.39 is 22.7 Å². The van der Waals surface area contributed by atoms with Gasteiger partial charge in [-0.15, -0.1) is 0 Å². The zero-order chi connectivity index (χ0) is 13.8. The quantitative estimate of drug-likeness (QED) is 0.781. The minimum Gasteiger partial charge on any atom is -0.497 e. The van der Waals surface area contributed by atoms with Crippen LogP contribution in [0.15, 0.2) is 24.3 Å². The van der Waals surface area contributed by atoms with Crippen LogP contribution in [0, 0.1) is 0 Å². The summed E-state index contributed by atoms with van der Waals surface area (Å²) in [6.07, 6.45) is 0. The zero-order valence-electron chi connectivity index (χ0n) is 9.95. The number of carbonyl (C=O) groups is 1. The molecule has 8 heteroatoms. The zero-order valence-corrected chi connectivity index (χ0v) is 10.8. The number of anilines is 1. The predicted molar refractivity (Wildman–Crippen MR) is 65.8 cm³/mol. The third-order valence-corrected chi connectivity index (χ3v) is 3.55. The Kier molecular flexibility index (Phi) is 4.51. The molecule has 0 spiro atoms. The number of benzene rings is 1. The lowest BCUT2D eigenvalue weighted by Crippen LogP contribution is -2.36. The average molecular weight is 274 g/mol. The molecule has 0 heterocycles. The van der Waals surface area contributed by atoms with E-state index in [0.717, 1.165) is 0 Å². The van der Waals surface area contributed by atoms with Gasteiger partial charge in [-0.1, -0.05) is 0 Å². The summed E-state index contributed by atoms with van der Waals surface area (Å²) in [6.45, 7) is -0.606. The van der Waals surface area contributed by atoms with E-state index in [0.29, 0.717) is 15.7 Å². The van der Waals surface area contributed by atoms with Crippen molar-refractivity contribution >= 4 is 21.9 Å². The molecule has 0 radical (unpaired) electrons. The summed E-state index contributed by atoms with van der Waals surface area (Å²) < 4.78 is 31.3. The number of hydrogen-bond donors (Lipinski definition) is 2. The second-order valence-corrected chi connectivity index (χ2v) is 5.26. The summed E-state index contributed by atoms with van der Waals surface area (Å²) in [7, 11) is -1.19. The van der Waals surface area contributed by atoms with Crippen LogP contribution in [0.3, 0.4) is 0 Å². The largest absolute Gasteiger partial charge is 0.497 e. The monoisotopic (exact) mass is 274 g/mol. The van der Waals surface area contributed by atoms with Gasteiger partial charge in [0.25, 0.3) is 0 Å². The highest BCUT2D eigenvalue weighted by Crippen LogP contribution is 2.16. The normalized spacial score (nSPS) is 11.3. The molecule has 1 aromatic carbocycles. The Labute approximate surface area is 105 Å². The molecule has 0 saturated carbocycles. The Morgan fingerprint density at radius 3 is 2.39 bits per heavy atom. The molecule has 1 rings (SSSR count). The number of nitrogens with one attached hydrogen (secondary N) is 1. The average Bonchev–Trinajstić information content (AvgIpc) is 2.28. The van der Waals surface area contributed by atoms with Gasteiger partial charge in [0.05, 0.1) is 12.8 Å². The Morgan fingerprint density at radius 2 is 1.94 bits per heavy atom. The van der Waals surface area contributed by atoms with Gasteiger partial charge in [0.15, 0.2) is 0 Å². The molecule has 7 nitrogen and oxygen atoms in total. The molecule has 0 aliphatic rings. The fourth-order valence-corrected chi connectivity index (χ4v) is 2.03. The highest BCUT2D eigenvalue weighted by Gasteiger charge is 2.19. The summed E-state index contributed by atoms with van der Waals surface area (Å²) in [5, 5.41) is 8.53. The number of ether oxygens (including phenoxy) is 1. The van der Waals surface area contributed by atoms with Crippen molar-refractivity contribution in [1.29, 1.82) is 0 Å². The van der Waals surface area contributed by atoms with E-state index >= 15 is 0 Å². The van der Waals surface area contributed by atoms with Crippen molar-refractivity contribution in [2.75, 3.05) is 25.4 Å². The highest BCUT2D eigenvalue weighted by molar-refractivity contribution is 7.90. The molecule has 0 fully saturated rings. The van der Waals surface area contributed by atoms with Gasteiger partial charge in [0, 0.05) is 7.05 Å². The number of nitrogens with zero attached hydrogens (tertiary/aromatic N) is 1. The second-order valence-electron chi connectivity index (χ2n) is 3.49. The number of hydrogen-bond acceptors (Lipinski definition) is 4. The first-order valence-corrected chi connectivity index (χ1v) is 6.39. The molecule has 100 valence electrons. The first-order chi connectivity index (χ1) is 8.35. The summed E-state index contributed by atoms with van der Waals surface area (Å²) in [5.41, 5.74) is 0.327. The maximum absolute atomic E-state index is 11.7. The van der Waals surface area contributed by atoms with Gasteiger partial charge in [-0.2, -0.15) is 12.7 Å². The maximum Gasteiger partial charge on any atom is 0.318 e. The summed E-state index contributed by atoms with van der Waals surface area (Å²) in [6, 6.07) is 6.22. The van der Waals surface area contributed by atoms with Gasteiger partial charge in [0.1, 0.15) is 12.3 Å². The molecule has 0 unspecified atom stereocenters. The van der Waals surface area contributed by atoms with Gasteiger partial charge < -0.3 is 9.84 Å². The smallest absolute Gasteiger partial charge is 0.318 e. The SMILES string of the molecule is COc1ccc(NS(=O)(=O)N(C)CC(=O)O)cc1. The lowest BCUT2D eigenvalue weighted by Gasteiger charge is -2.16. The van der Waals surface area contributed by atoms with E-state index in [-0.39, 0.29) is 0 Å². The van der Waals surface area contributed by atoms with Crippen molar-refractivity contribution in [2.45, 2.75) is 0 Å². The van der Waals surface area contributed by atoms with Crippen LogP contribution in [-0.2, 0) is 15.0 Å². The third kappa shape index (κ3) is 3.90. The van der Waals surface area contributed by atoms with E-state index in [9.17, 15) is 13.2 Å². The minimum absolute atomic E-state index is 0.327. The summed E-state index contributed by atoms with van der Waals surface area (Å²) in [4.78, 5) is 10.4. The highest BCUT2D eigenvalue weighted by atomic mass is 32.2. The van der Waals surface area contributed by atoms with E-state index in [4.69, 9.17) is 9.84 Å². The Balaban J connectivity index is 2.78. The molecule has 0 atom stereocenters. The molecule has 18 heavy (non-hydrogen) atoms. The van der Waals surface area contributed by atoms with Crippen molar-refractivity contribution in [2.24, 2.45) is 0 Å². The molecule has 1 aromatic rings. The molecule has 0 amide bonds. The molecular formula is C10H14N2O5S. The minimum atomic E-state index is -3.87. The molecule has 0 bridgehead atoms.